The average molecular weight is 2110 g/mol. The predicted octanol–water partition coefficient (Wildman–Crippen LogP) is 18.9. The molecule has 33 nitrogen and oxygen atoms in total. The van der Waals surface area contributed by atoms with Crippen LogP contribution in [0, 0.1) is 17.5 Å². The van der Waals surface area contributed by atoms with Gasteiger partial charge in [-0.05, 0) is 347 Å². The number of fused-ring (bicyclic) bond motifs is 7. The number of H-pyrrole nitrogens is 7. The minimum atomic E-state index is -1.02. The van der Waals surface area contributed by atoms with Crippen molar-refractivity contribution in [2.24, 2.45) is 45.9 Å². The highest BCUT2D eigenvalue weighted by Crippen LogP contribution is 2.37. The zero-order valence-corrected chi connectivity index (χ0v) is 83.5. The quantitative estimate of drug-likeness (QED) is 0.0161. The smallest absolute Gasteiger partial charge is 0.352 e. The molecule has 0 aliphatic heterocycles. The van der Waals surface area contributed by atoms with Gasteiger partial charge in [-0.15, -0.1) is 0 Å². The van der Waals surface area contributed by atoms with Crippen LogP contribution in [0.25, 0.3) is 110 Å². The molecule has 7 aromatic heterocycles. The molecule has 150 heavy (non-hydrogen) atoms. The first-order chi connectivity index (χ1) is 72.2. The number of methoxy groups -OCH3 is 1. The molecule has 11 aromatic carbocycles. The van der Waals surface area contributed by atoms with Crippen LogP contribution in [0.15, 0.2) is 235 Å². The van der Waals surface area contributed by atoms with E-state index in [1.165, 1.54) is 30.3 Å². The fourth-order valence-electron chi connectivity index (χ4n) is 17.7. The van der Waals surface area contributed by atoms with Crippen LogP contribution >= 0.6 is 15.9 Å². The molecular weight excluding hydrogens is 1990 g/mol. The number of carboxylic acids is 7. The second-order valence-electron chi connectivity index (χ2n) is 34.9. The summed E-state index contributed by atoms with van der Waals surface area (Å²) in [5, 5.41) is 71.0. The lowest BCUT2D eigenvalue weighted by atomic mass is 9.99. The van der Waals surface area contributed by atoms with Crippen LogP contribution in [0.3, 0.4) is 0 Å². The molecule has 780 valence electrons. The number of aromatic carboxylic acids is 7. The van der Waals surface area contributed by atoms with E-state index in [9.17, 15) is 87.0 Å². The first-order valence-corrected chi connectivity index (χ1v) is 49.0. The van der Waals surface area contributed by atoms with Gasteiger partial charge in [-0.2, -0.15) is 0 Å². The number of ether oxygens (including phenoxy) is 2. The third kappa shape index (κ3) is 28.3. The van der Waals surface area contributed by atoms with Gasteiger partial charge in [0.25, 0.3) is 0 Å². The first kappa shape index (κ1) is 112. The molecule has 18 aromatic rings. The maximum absolute atomic E-state index is 14.0. The lowest BCUT2D eigenvalue weighted by Gasteiger charge is -2.06. The maximum atomic E-state index is 14.0. The van der Waals surface area contributed by atoms with Crippen LogP contribution in [0.1, 0.15) is 179 Å². The first-order valence-electron chi connectivity index (χ1n) is 48.2. The van der Waals surface area contributed by atoms with Crippen LogP contribution in [0.4, 0.5) is 13.2 Å². The van der Waals surface area contributed by atoms with E-state index in [0.29, 0.717) is 156 Å². The second-order valence-corrected chi connectivity index (χ2v) is 35.9. The Morgan fingerprint density at radius 3 is 1.00 bits per heavy atom. The Morgan fingerprint density at radius 2 is 0.620 bits per heavy atom. The molecule has 0 bridgehead atoms. The summed E-state index contributed by atoms with van der Waals surface area (Å²) in [5.41, 5.74) is 62.6. The van der Waals surface area contributed by atoms with Crippen LogP contribution in [-0.2, 0) is 67.5 Å². The van der Waals surface area contributed by atoms with E-state index in [1.807, 2.05) is 115 Å². The number of benzene rings is 11. The molecule has 30 N–H and O–H groups in total. The molecule has 7 heterocycles. The van der Waals surface area contributed by atoms with Crippen molar-refractivity contribution in [1.82, 2.24) is 34.9 Å². The van der Waals surface area contributed by atoms with Crippen LogP contribution in [0.5, 0.6) is 5.75 Å². The number of amides is 1. The minimum absolute atomic E-state index is 0.132. The Bertz CT molecular complexity index is 7880. The van der Waals surface area contributed by atoms with Gasteiger partial charge in [0.1, 0.15) is 69.7 Å². The SMILES string of the molecule is COc1ccc2[nH]c(C(=O)O)c(CCCN)c2c1.NCCCc1c(C(=O)O)[nH]c2ccc(-c3ccc(F)cc3)cc12.NCCCc1c(C(=O)O)[nH]c2ccc(-c3cccc(F)c3)cc12.NCCCc1c(C(=O)O)[nH]c2ccc(-c3ccccc3F)cc12.NCCCc1c(C(=O)O)[nH]c2ccc(Br)cc12.NCCCc1c(C(=O)O)[nH]c2ccc(C(N)=O)cc12.NCCCc1c(C(=O)O)[nH]c2ccc(CC(=O)OCc3ccccc3)cc12. The molecule has 37 heteroatoms. The van der Waals surface area contributed by atoms with Gasteiger partial charge in [-0.25, -0.2) is 46.7 Å². The van der Waals surface area contributed by atoms with E-state index < -0.39 is 47.7 Å². The van der Waals surface area contributed by atoms with Crippen molar-refractivity contribution in [3.05, 3.63) is 348 Å². The molecule has 1 amide bonds. The number of carbonyl (C=O) groups is 9. The minimum Gasteiger partial charge on any atom is -0.497 e. The molecule has 0 spiro atoms. The lowest BCUT2D eigenvalue weighted by Crippen LogP contribution is -2.10. The molecule has 0 unspecified atom stereocenters. The van der Waals surface area contributed by atoms with Gasteiger partial charge in [0.2, 0.25) is 5.91 Å². The van der Waals surface area contributed by atoms with E-state index in [0.717, 1.165) is 155 Å². The number of nitrogens with two attached hydrogens (primary N) is 8. The normalized spacial score (nSPS) is 10.9. The molecule has 0 aliphatic rings. The van der Waals surface area contributed by atoms with Crippen molar-refractivity contribution < 1.29 is 102 Å². The molecule has 0 atom stereocenters. The fourth-order valence-corrected chi connectivity index (χ4v) is 18.0. The van der Waals surface area contributed by atoms with Crippen molar-refractivity contribution in [2.45, 2.75) is 103 Å². The molecule has 0 saturated carbocycles. The number of aromatic nitrogens is 7. The number of aryl methyl sites for hydroxylation is 7. The van der Waals surface area contributed by atoms with Crippen molar-refractivity contribution in [3.8, 4) is 39.1 Å². The summed E-state index contributed by atoms with van der Waals surface area (Å²) in [6.07, 6.45) is 9.33. The summed E-state index contributed by atoms with van der Waals surface area (Å²) in [5.74, 6) is -7.89. The van der Waals surface area contributed by atoms with Gasteiger partial charge in [0.15, 0.2) is 0 Å². The number of hydrogen-bond acceptors (Lipinski definition) is 18. The van der Waals surface area contributed by atoms with Gasteiger partial charge in [0.05, 0.1) is 13.5 Å². The van der Waals surface area contributed by atoms with Crippen LogP contribution in [0.2, 0.25) is 0 Å². The Balaban J connectivity index is 0.000000156. The lowest BCUT2D eigenvalue weighted by molar-refractivity contribution is -0.144. The van der Waals surface area contributed by atoms with E-state index >= 15 is 0 Å². The highest BCUT2D eigenvalue weighted by Gasteiger charge is 2.26. The van der Waals surface area contributed by atoms with E-state index in [1.54, 1.807) is 92.0 Å². The zero-order chi connectivity index (χ0) is 108. The van der Waals surface area contributed by atoms with Gasteiger partial charge in [0, 0.05) is 91.9 Å². The van der Waals surface area contributed by atoms with Crippen molar-refractivity contribution in [2.75, 3.05) is 52.9 Å². The fraction of sp³-hybridized carbons (Fsp3) is 0.212. The Labute approximate surface area is 866 Å². The number of primary amides is 1. The third-order valence-electron chi connectivity index (χ3n) is 24.9. The number of rotatable bonds is 37. The number of esters is 1. The summed E-state index contributed by atoms with van der Waals surface area (Å²) in [6, 6.07) is 66.8. The Hall–Kier alpha value is -16.8. The number of hydrogen-bond donors (Lipinski definition) is 22. The summed E-state index contributed by atoms with van der Waals surface area (Å²) in [7, 11) is 1.59. The second kappa shape index (κ2) is 53.5. The van der Waals surface area contributed by atoms with E-state index in [4.69, 9.17) is 60.4 Å². The number of nitrogens with one attached hydrogen (secondary N) is 7. The summed E-state index contributed by atoms with van der Waals surface area (Å²) in [6.45, 7) is 3.77. The highest BCUT2D eigenvalue weighted by molar-refractivity contribution is 9.10. The van der Waals surface area contributed by atoms with Crippen molar-refractivity contribution in [1.29, 1.82) is 0 Å². The number of halogens is 4. The Morgan fingerprint density at radius 1 is 0.300 bits per heavy atom. The molecule has 0 aliphatic carbocycles. The average Bonchev–Trinajstić information content (AvgIpc) is 2.04. The summed E-state index contributed by atoms with van der Waals surface area (Å²) < 4.78 is 51.9. The molecule has 0 radical (unpaired) electrons. The van der Waals surface area contributed by atoms with Gasteiger partial charge in [-0.1, -0.05) is 113 Å². The zero-order valence-electron chi connectivity index (χ0n) is 82.0. The van der Waals surface area contributed by atoms with Gasteiger partial charge in [-0.3, -0.25) is 9.59 Å². The predicted molar refractivity (Wildman–Crippen MR) is 577 cm³/mol. The standard InChI is InChI=1S/C21H22N2O4.3C18H17FN2O2.C13H15N3O3.C13H16N2O3.C12H13BrN2O2/c22-10-4-7-16-17-11-15(8-9-18(17)23-20(16)21(25)26)12-19(24)27-13-14-5-2-1-3-6-14;19-13-4-1-3-11(9-13)12-6-7-16-15(10-12)14(5-2-8-20)17(21-16)18(22)23;19-13-6-3-11(4-7-13)12-5-8-16-15(10-12)14(2-1-9-20)17(21-16)18(22)23;19-15-6-2-1-4-12(15)11-7-8-16-14(10-11)13(5-3-9-20)17(21-16)18(22)23;14-5-1-2-8-9-6-7(12(15)17)3-4-10(9)16-11(8)13(18)19;1-18-8-4-5-11-10(7-8)9(3-2-6-14)12(15-11)13(16)17;13-7-3-4-10-9(6-7)8(2-1-5-14)11(15-10)12(16)17/h1-3,5-6,8-9,11,23H,4,7,10,12-13,22H2,(H,25,26);1,3-4,6-7,9-10,21H,2,5,8,20H2,(H,22,23);3-8,10,21H,1-2,9,20H2,(H,22,23);1-2,4,6-8,10,21H,3,5,9,20H2,(H,22,23);3-4,6,16H,1-2,5,14H2,(H2,15,17)(H,18,19);4-5,7,15H,2-3,6,14H2,1H3,(H,16,17);3-4,6,15H,1-2,5,14H2,(H,16,17). The third-order valence-corrected chi connectivity index (χ3v) is 25.4. The number of carboxylic acid groups (broad SMARTS) is 7. The molecular formula is C113H117BrF3N15O18. The van der Waals surface area contributed by atoms with Gasteiger partial charge < -0.3 is 126 Å². The van der Waals surface area contributed by atoms with Crippen molar-refractivity contribution >= 4 is 146 Å². The Kier molecular flexibility index (Phi) is 40.0. The van der Waals surface area contributed by atoms with Crippen LogP contribution < -0.4 is 50.6 Å². The highest BCUT2D eigenvalue weighted by atomic mass is 79.9. The van der Waals surface area contributed by atoms with Gasteiger partial charge >= 0.3 is 47.8 Å². The molecule has 0 saturated heterocycles. The topological polar surface area (TPSA) is 632 Å². The van der Waals surface area contributed by atoms with Crippen molar-refractivity contribution in [3.63, 3.8) is 0 Å². The maximum Gasteiger partial charge on any atom is 0.352 e. The largest absolute Gasteiger partial charge is 0.497 e. The number of aromatic amines is 7. The summed E-state index contributed by atoms with van der Waals surface area (Å²) in [4.78, 5) is 123. The molecule has 0 fully saturated rings. The molecule has 18 rings (SSSR count). The monoisotopic (exact) mass is 2110 g/mol. The number of carbonyl (C=O) groups excluding carboxylic acids is 2. The summed E-state index contributed by atoms with van der Waals surface area (Å²) >= 11 is 3.40. The van der Waals surface area contributed by atoms with E-state index in [2.05, 4.69) is 50.8 Å². The van der Waals surface area contributed by atoms with E-state index in [-0.39, 0.29) is 76.3 Å². The van der Waals surface area contributed by atoms with Crippen LogP contribution in [-0.4, -0.2) is 177 Å².